The maximum atomic E-state index is 12.8. The molecule has 0 heterocycles. The Labute approximate surface area is 154 Å². The summed E-state index contributed by atoms with van der Waals surface area (Å²) in [4.78, 5) is 25.2. The Morgan fingerprint density at radius 2 is 1.44 bits per heavy atom. The fourth-order valence-electron chi connectivity index (χ4n) is 2.21. The number of halogens is 3. The van der Waals surface area contributed by atoms with Crippen molar-refractivity contribution < 1.29 is 27.5 Å². The van der Waals surface area contributed by atoms with Gasteiger partial charge in [0.15, 0.2) is 0 Å². The zero-order valence-electron chi connectivity index (χ0n) is 15.0. The second-order valence-electron chi connectivity index (χ2n) is 6.69. The van der Waals surface area contributed by atoms with E-state index >= 15 is 0 Å². The number of hydrogen-bond acceptors (Lipinski definition) is 3. The monoisotopic (exact) mass is 380 g/mol. The van der Waals surface area contributed by atoms with Gasteiger partial charge in [0.2, 0.25) is 0 Å². The van der Waals surface area contributed by atoms with Crippen LogP contribution in [0.15, 0.2) is 54.6 Å². The predicted molar refractivity (Wildman–Crippen MR) is 93.0 cm³/mol. The summed E-state index contributed by atoms with van der Waals surface area (Å²) in [5, 5.41) is 1.14. The molecule has 0 aromatic heterocycles. The summed E-state index contributed by atoms with van der Waals surface area (Å²) in [5.41, 5.74) is 2.26. The van der Waals surface area contributed by atoms with Gasteiger partial charge in [-0.15, -0.1) is 13.2 Å². The van der Waals surface area contributed by atoms with Gasteiger partial charge in [-0.3, -0.25) is 15.0 Å². The van der Waals surface area contributed by atoms with Crippen molar-refractivity contribution in [3.05, 3.63) is 65.7 Å². The summed E-state index contributed by atoms with van der Waals surface area (Å²) in [6.07, 6.45) is -4.81. The number of nitrogens with zero attached hydrogens (tertiary/aromatic N) is 1. The van der Waals surface area contributed by atoms with Crippen LogP contribution in [0.5, 0.6) is 5.75 Å². The molecule has 2 rings (SSSR count). The zero-order chi connectivity index (χ0) is 20.2. The van der Waals surface area contributed by atoms with Crippen molar-refractivity contribution in [3.8, 4) is 5.75 Å². The minimum absolute atomic E-state index is 0.104. The van der Waals surface area contributed by atoms with Crippen LogP contribution in [-0.2, 0) is 0 Å². The smallest absolute Gasteiger partial charge is 0.406 e. The molecule has 0 radical (unpaired) electrons. The average molecular weight is 380 g/mol. The molecule has 27 heavy (non-hydrogen) atoms. The summed E-state index contributed by atoms with van der Waals surface area (Å²) in [6.45, 7) is 5.16. The minimum atomic E-state index is -4.81. The van der Waals surface area contributed by atoms with E-state index in [0.717, 1.165) is 17.1 Å². The molecule has 0 bridgehead atoms. The van der Waals surface area contributed by atoms with E-state index in [0.29, 0.717) is 5.56 Å². The van der Waals surface area contributed by atoms with E-state index in [1.165, 1.54) is 12.1 Å². The maximum absolute atomic E-state index is 12.8. The van der Waals surface area contributed by atoms with Gasteiger partial charge in [0.25, 0.3) is 11.8 Å². The second-order valence-corrected chi connectivity index (χ2v) is 6.69. The van der Waals surface area contributed by atoms with Crippen LogP contribution in [0.2, 0.25) is 0 Å². The van der Waals surface area contributed by atoms with Crippen LogP contribution in [0.1, 0.15) is 41.5 Å². The molecule has 2 amide bonds. The van der Waals surface area contributed by atoms with Gasteiger partial charge in [-0.25, -0.2) is 5.01 Å². The Morgan fingerprint density at radius 1 is 0.889 bits per heavy atom. The van der Waals surface area contributed by atoms with Crippen LogP contribution < -0.4 is 10.2 Å². The summed E-state index contributed by atoms with van der Waals surface area (Å²) >= 11 is 0. The predicted octanol–water partition coefficient (Wildman–Crippen LogP) is 4.17. The maximum Gasteiger partial charge on any atom is 0.573 e. The lowest BCUT2D eigenvalue weighted by Crippen LogP contribution is -2.55. The number of rotatable bonds is 3. The van der Waals surface area contributed by atoms with Gasteiger partial charge in [0.05, 0.1) is 5.54 Å². The summed E-state index contributed by atoms with van der Waals surface area (Å²) < 4.78 is 40.5. The number of hydrogen-bond donors (Lipinski definition) is 1. The van der Waals surface area contributed by atoms with E-state index in [1.807, 2.05) is 0 Å². The summed E-state index contributed by atoms with van der Waals surface area (Å²) in [5.74, 6) is -1.48. The third-order valence-electron chi connectivity index (χ3n) is 3.46. The molecule has 0 aliphatic heterocycles. The molecule has 1 N–H and O–H groups in total. The lowest BCUT2D eigenvalue weighted by molar-refractivity contribution is -0.274. The number of nitrogens with one attached hydrogen (secondary N) is 1. The van der Waals surface area contributed by atoms with Crippen molar-refractivity contribution in [2.24, 2.45) is 0 Å². The van der Waals surface area contributed by atoms with E-state index in [9.17, 15) is 22.8 Å². The molecule has 0 aliphatic carbocycles. The Morgan fingerprint density at radius 3 is 1.93 bits per heavy atom. The van der Waals surface area contributed by atoms with Gasteiger partial charge >= 0.3 is 6.36 Å². The van der Waals surface area contributed by atoms with E-state index in [1.54, 1.807) is 51.1 Å². The zero-order valence-corrected chi connectivity index (χ0v) is 15.0. The third-order valence-corrected chi connectivity index (χ3v) is 3.46. The molecule has 2 aromatic rings. The van der Waals surface area contributed by atoms with Crippen molar-refractivity contribution in [1.29, 1.82) is 0 Å². The average Bonchev–Trinajstić information content (AvgIpc) is 2.58. The number of carbonyl (C=O) groups is 2. The first-order valence-corrected chi connectivity index (χ1v) is 8.04. The van der Waals surface area contributed by atoms with Crippen molar-refractivity contribution in [3.63, 3.8) is 0 Å². The molecular weight excluding hydrogens is 361 g/mol. The molecule has 0 unspecified atom stereocenters. The van der Waals surface area contributed by atoms with Crippen LogP contribution in [0.25, 0.3) is 0 Å². The highest BCUT2D eigenvalue weighted by atomic mass is 19.4. The van der Waals surface area contributed by atoms with Gasteiger partial charge in [0, 0.05) is 11.1 Å². The topological polar surface area (TPSA) is 58.6 Å². The number of benzene rings is 2. The molecule has 144 valence electrons. The lowest BCUT2D eigenvalue weighted by atomic mass is 10.1. The normalized spacial score (nSPS) is 11.6. The van der Waals surface area contributed by atoms with E-state index in [2.05, 4.69) is 10.2 Å². The summed E-state index contributed by atoms with van der Waals surface area (Å²) in [7, 11) is 0. The molecule has 0 saturated heterocycles. The van der Waals surface area contributed by atoms with Crippen LogP contribution in [0.3, 0.4) is 0 Å². The van der Waals surface area contributed by atoms with Crippen LogP contribution in [0, 0.1) is 0 Å². The molecule has 0 atom stereocenters. The molecule has 0 fully saturated rings. The third kappa shape index (κ3) is 5.73. The van der Waals surface area contributed by atoms with Crippen LogP contribution in [-0.4, -0.2) is 28.7 Å². The minimum Gasteiger partial charge on any atom is -0.406 e. The molecule has 2 aromatic carbocycles. The van der Waals surface area contributed by atoms with E-state index in [4.69, 9.17) is 0 Å². The molecule has 8 heteroatoms. The van der Waals surface area contributed by atoms with Crippen molar-refractivity contribution in [2.45, 2.75) is 32.7 Å². The largest absolute Gasteiger partial charge is 0.573 e. The van der Waals surface area contributed by atoms with E-state index < -0.39 is 29.5 Å². The Bertz CT molecular complexity index is 798. The lowest BCUT2D eigenvalue weighted by Gasteiger charge is -2.35. The van der Waals surface area contributed by atoms with Gasteiger partial charge in [0.1, 0.15) is 5.75 Å². The number of ether oxygens (including phenoxy) is 1. The van der Waals surface area contributed by atoms with Gasteiger partial charge < -0.3 is 4.74 Å². The first-order chi connectivity index (χ1) is 12.5. The standard InChI is InChI=1S/C19H19F3N2O3/c1-18(2,3)24(23-16(25)13-7-5-4-6-8-13)17(26)14-9-11-15(12-10-14)27-19(20,21)22/h4-12H,1-3H3,(H,23,25). The molecule has 0 spiro atoms. The molecular formula is C19H19F3N2O3. The van der Waals surface area contributed by atoms with Gasteiger partial charge in [-0.2, -0.15) is 0 Å². The highest BCUT2D eigenvalue weighted by Gasteiger charge is 2.32. The Kier molecular flexibility index (Phi) is 5.78. The fraction of sp³-hybridized carbons (Fsp3) is 0.263. The van der Waals surface area contributed by atoms with Crippen LogP contribution in [0.4, 0.5) is 13.2 Å². The highest BCUT2D eigenvalue weighted by Crippen LogP contribution is 2.24. The van der Waals surface area contributed by atoms with E-state index in [-0.39, 0.29) is 5.56 Å². The number of alkyl halides is 3. The first-order valence-electron chi connectivity index (χ1n) is 8.04. The van der Waals surface area contributed by atoms with Crippen molar-refractivity contribution in [2.75, 3.05) is 0 Å². The highest BCUT2D eigenvalue weighted by molar-refractivity contribution is 5.99. The molecule has 0 aliphatic rings. The second kappa shape index (κ2) is 7.69. The first kappa shape index (κ1) is 20.3. The van der Waals surface area contributed by atoms with Crippen LogP contribution >= 0.6 is 0 Å². The molecule has 5 nitrogen and oxygen atoms in total. The Balaban J connectivity index is 2.21. The van der Waals surface area contributed by atoms with Crippen molar-refractivity contribution >= 4 is 11.8 Å². The fourth-order valence-corrected chi connectivity index (χ4v) is 2.21. The Hall–Kier alpha value is -3.03. The quantitative estimate of drug-likeness (QED) is 0.813. The number of hydrazine groups is 1. The SMILES string of the molecule is CC(C)(C)N(NC(=O)c1ccccc1)C(=O)c1ccc(OC(F)(F)F)cc1. The van der Waals surface area contributed by atoms with Gasteiger partial charge in [-0.05, 0) is 57.2 Å². The van der Waals surface area contributed by atoms with Gasteiger partial charge in [-0.1, -0.05) is 18.2 Å². The summed E-state index contributed by atoms with van der Waals surface area (Å²) in [6, 6.07) is 12.8. The number of amides is 2. The molecule has 0 saturated carbocycles. The number of carbonyl (C=O) groups excluding carboxylic acids is 2. The van der Waals surface area contributed by atoms with Crippen molar-refractivity contribution in [1.82, 2.24) is 10.4 Å².